The summed E-state index contributed by atoms with van der Waals surface area (Å²) < 4.78 is 41.3. The molecule has 0 unspecified atom stereocenters. The Morgan fingerprint density at radius 1 is 1.26 bits per heavy atom. The summed E-state index contributed by atoms with van der Waals surface area (Å²) in [4.78, 5) is 14.7. The van der Waals surface area contributed by atoms with Crippen molar-refractivity contribution >= 4 is 11.6 Å². The van der Waals surface area contributed by atoms with E-state index >= 15 is 0 Å². The van der Waals surface area contributed by atoms with E-state index in [2.05, 4.69) is 4.90 Å². The Morgan fingerprint density at radius 2 is 1.87 bits per heavy atom. The van der Waals surface area contributed by atoms with Crippen LogP contribution in [0.2, 0.25) is 0 Å². The van der Waals surface area contributed by atoms with Gasteiger partial charge in [0.2, 0.25) is 0 Å². The molecule has 0 spiro atoms. The van der Waals surface area contributed by atoms with E-state index in [1.165, 1.54) is 0 Å². The van der Waals surface area contributed by atoms with Crippen LogP contribution >= 0.6 is 0 Å². The molecule has 1 fully saturated rings. The van der Waals surface area contributed by atoms with Crippen LogP contribution in [0.4, 0.5) is 18.9 Å². The van der Waals surface area contributed by atoms with Crippen molar-refractivity contribution in [3.63, 3.8) is 0 Å². The number of methoxy groups -OCH3 is 1. The lowest BCUT2D eigenvalue weighted by atomic mass is 10.2. The number of piperazine rings is 1. The molecule has 5 nitrogen and oxygen atoms in total. The van der Waals surface area contributed by atoms with Crippen LogP contribution in [-0.2, 0) is 4.79 Å². The zero-order chi connectivity index (χ0) is 16.9. The molecule has 8 heteroatoms. The molecular weight excluding hydrogens is 311 g/mol. The van der Waals surface area contributed by atoms with Gasteiger partial charge in [0.25, 0.3) is 5.91 Å². The normalized spacial score (nSPS) is 16.3. The highest BCUT2D eigenvalue weighted by Gasteiger charge is 2.29. The van der Waals surface area contributed by atoms with Crippen molar-refractivity contribution in [2.45, 2.75) is 6.18 Å². The molecule has 1 aliphatic heterocycles. The Labute approximate surface area is 133 Å². The second-order valence-corrected chi connectivity index (χ2v) is 5.50. The molecule has 0 aromatic heterocycles. The van der Waals surface area contributed by atoms with Crippen LogP contribution in [0.25, 0.3) is 0 Å². The van der Waals surface area contributed by atoms with Gasteiger partial charge in [-0.2, -0.15) is 13.2 Å². The van der Waals surface area contributed by atoms with Gasteiger partial charge in [0.1, 0.15) is 12.3 Å². The summed E-state index contributed by atoms with van der Waals surface area (Å²) in [5, 5.41) is 1.91. The third kappa shape index (κ3) is 5.63. The Bertz CT molecular complexity index is 512. The first kappa shape index (κ1) is 17.4. The van der Waals surface area contributed by atoms with E-state index in [-0.39, 0.29) is 6.54 Å². The molecule has 0 atom stereocenters. The monoisotopic (exact) mass is 332 g/mol. The molecule has 0 radical (unpaired) electrons. The minimum atomic E-state index is -4.36. The number of nitrogens with zero attached hydrogens (tertiary/aromatic N) is 1. The first-order valence-corrected chi connectivity index (χ1v) is 7.43. The molecule has 2 N–H and O–H groups in total. The van der Waals surface area contributed by atoms with E-state index < -0.39 is 18.6 Å². The van der Waals surface area contributed by atoms with Crippen LogP contribution in [0.3, 0.4) is 0 Å². The number of ether oxygens (including phenoxy) is 1. The van der Waals surface area contributed by atoms with Crippen molar-refractivity contribution in [3.8, 4) is 5.75 Å². The standard InChI is InChI=1S/C15H20F3N3O2/c1-23-13-4-2-12(3-5-13)21-8-6-20(7-9-21)10-14(22)19-11-15(16,17)18/h2-5H,6-11H2,1H3,(H,19,22)/p+1. The highest BCUT2D eigenvalue weighted by molar-refractivity contribution is 5.76. The second-order valence-electron chi connectivity index (χ2n) is 5.50. The molecule has 1 aromatic carbocycles. The van der Waals surface area contributed by atoms with Crippen LogP contribution in [-0.4, -0.2) is 58.5 Å². The largest absolute Gasteiger partial charge is 0.497 e. The number of carbonyl (C=O) groups is 1. The first-order chi connectivity index (χ1) is 10.9. The molecule has 128 valence electrons. The molecular formula is C15H21F3N3O2+. The van der Waals surface area contributed by atoms with Crippen LogP contribution < -0.4 is 19.9 Å². The van der Waals surface area contributed by atoms with E-state index in [0.717, 1.165) is 29.4 Å². The Kier molecular flexibility index (Phi) is 5.70. The van der Waals surface area contributed by atoms with Crippen molar-refractivity contribution in [3.05, 3.63) is 24.3 Å². The average molecular weight is 332 g/mol. The number of hydrogen-bond donors (Lipinski definition) is 2. The fourth-order valence-corrected chi connectivity index (χ4v) is 2.54. The lowest BCUT2D eigenvalue weighted by Crippen LogP contribution is -3.16. The minimum Gasteiger partial charge on any atom is -0.497 e. The number of alkyl halides is 3. The van der Waals surface area contributed by atoms with Gasteiger partial charge in [0.05, 0.1) is 33.3 Å². The van der Waals surface area contributed by atoms with E-state index in [4.69, 9.17) is 4.74 Å². The number of anilines is 1. The molecule has 23 heavy (non-hydrogen) atoms. The van der Waals surface area contributed by atoms with E-state index in [1.807, 2.05) is 29.6 Å². The van der Waals surface area contributed by atoms with Crippen LogP contribution in [0, 0.1) is 0 Å². The van der Waals surface area contributed by atoms with Gasteiger partial charge in [-0.1, -0.05) is 0 Å². The van der Waals surface area contributed by atoms with Crippen molar-refractivity contribution in [1.29, 1.82) is 0 Å². The number of carbonyl (C=O) groups excluding carboxylic acids is 1. The number of halogens is 3. The van der Waals surface area contributed by atoms with Gasteiger partial charge >= 0.3 is 6.18 Å². The van der Waals surface area contributed by atoms with Crippen LogP contribution in [0.15, 0.2) is 24.3 Å². The summed E-state index contributed by atoms with van der Waals surface area (Å²) in [7, 11) is 1.61. The molecule has 1 saturated heterocycles. The van der Waals surface area contributed by atoms with Gasteiger partial charge < -0.3 is 19.9 Å². The molecule has 0 saturated carbocycles. The van der Waals surface area contributed by atoms with Crippen molar-refractivity contribution in [2.75, 3.05) is 51.3 Å². The zero-order valence-electron chi connectivity index (χ0n) is 12.9. The lowest BCUT2D eigenvalue weighted by molar-refractivity contribution is -0.892. The predicted octanol–water partition coefficient (Wildman–Crippen LogP) is 0.0786. The molecule has 0 bridgehead atoms. The minimum absolute atomic E-state index is 0.0759. The van der Waals surface area contributed by atoms with Gasteiger partial charge in [-0.05, 0) is 24.3 Å². The van der Waals surface area contributed by atoms with E-state index in [0.29, 0.717) is 13.1 Å². The highest BCUT2D eigenvalue weighted by Crippen LogP contribution is 2.18. The van der Waals surface area contributed by atoms with Crippen molar-refractivity contribution in [2.24, 2.45) is 0 Å². The van der Waals surface area contributed by atoms with Gasteiger partial charge in [0.15, 0.2) is 6.54 Å². The molecule has 0 aliphatic carbocycles. The van der Waals surface area contributed by atoms with Gasteiger partial charge in [-0.15, -0.1) is 0 Å². The SMILES string of the molecule is COc1ccc(N2CC[NH+](CC(=O)NCC(F)(F)F)CC2)cc1. The number of benzene rings is 1. The number of nitrogens with one attached hydrogen (secondary N) is 2. The second kappa shape index (κ2) is 7.54. The smallest absolute Gasteiger partial charge is 0.405 e. The molecule has 1 aliphatic rings. The molecule has 1 aromatic rings. The summed E-state index contributed by atoms with van der Waals surface area (Å²) >= 11 is 0. The summed E-state index contributed by atoms with van der Waals surface area (Å²) in [6, 6.07) is 7.72. The Balaban J connectivity index is 1.76. The van der Waals surface area contributed by atoms with Gasteiger partial charge in [-0.25, -0.2) is 0 Å². The van der Waals surface area contributed by atoms with Gasteiger partial charge in [-0.3, -0.25) is 4.79 Å². The number of hydrogen-bond acceptors (Lipinski definition) is 3. The summed E-state index contributed by atoms with van der Waals surface area (Å²) in [5.41, 5.74) is 1.08. The van der Waals surface area contributed by atoms with E-state index in [9.17, 15) is 18.0 Å². The maximum atomic E-state index is 12.1. The maximum absolute atomic E-state index is 12.1. The fraction of sp³-hybridized carbons (Fsp3) is 0.533. The third-order valence-electron chi connectivity index (χ3n) is 3.80. The Hall–Kier alpha value is -1.96. The van der Waals surface area contributed by atoms with Gasteiger partial charge in [0, 0.05) is 5.69 Å². The van der Waals surface area contributed by atoms with E-state index in [1.54, 1.807) is 7.11 Å². The van der Waals surface area contributed by atoms with Crippen molar-refractivity contribution in [1.82, 2.24) is 5.32 Å². The van der Waals surface area contributed by atoms with Crippen LogP contribution in [0.5, 0.6) is 5.75 Å². The lowest BCUT2D eigenvalue weighted by Gasteiger charge is -2.33. The summed E-state index contributed by atoms with van der Waals surface area (Å²) in [6.45, 7) is 1.75. The molecule has 1 amide bonds. The summed E-state index contributed by atoms with van der Waals surface area (Å²) in [5.74, 6) is 0.231. The Morgan fingerprint density at radius 3 is 2.39 bits per heavy atom. The number of amides is 1. The predicted molar refractivity (Wildman–Crippen MR) is 79.8 cm³/mol. The topological polar surface area (TPSA) is 46.0 Å². The number of quaternary nitrogens is 1. The zero-order valence-corrected chi connectivity index (χ0v) is 12.9. The third-order valence-corrected chi connectivity index (χ3v) is 3.80. The average Bonchev–Trinajstić information content (AvgIpc) is 2.53. The quantitative estimate of drug-likeness (QED) is 0.803. The fourth-order valence-electron chi connectivity index (χ4n) is 2.54. The summed E-state index contributed by atoms with van der Waals surface area (Å²) in [6.07, 6.45) is -4.36. The molecule has 2 rings (SSSR count). The first-order valence-electron chi connectivity index (χ1n) is 7.43. The number of rotatable bonds is 5. The highest BCUT2D eigenvalue weighted by atomic mass is 19.4. The van der Waals surface area contributed by atoms with Crippen molar-refractivity contribution < 1.29 is 27.6 Å². The molecule has 1 heterocycles. The maximum Gasteiger partial charge on any atom is 0.405 e. The van der Waals surface area contributed by atoms with Crippen LogP contribution in [0.1, 0.15) is 0 Å².